The van der Waals surface area contributed by atoms with Gasteiger partial charge in [0.2, 0.25) is 0 Å². The number of benzene rings is 6. The van der Waals surface area contributed by atoms with E-state index in [4.69, 9.17) is 9.47 Å². The topological polar surface area (TPSA) is 18.5 Å². The minimum atomic E-state index is 0.853. The molecule has 2 nitrogen and oxygen atoms in total. The van der Waals surface area contributed by atoms with Gasteiger partial charge >= 0.3 is 0 Å². The average molecular weight is 519 g/mol. The van der Waals surface area contributed by atoms with Gasteiger partial charge in [-0.15, -0.1) is 0 Å². The Morgan fingerprint density at radius 1 is 0.275 bits per heavy atom. The summed E-state index contributed by atoms with van der Waals surface area (Å²) in [5.41, 5.74) is 11.9. The third-order valence-corrected chi connectivity index (χ3v) is 7.38. The molecule has 0 heterocycles. The number of hydrogen-bond acceptors (Lipinski definition) is 2. The molecule has 0 saturated heterocycles. The lowest BCUT2D eigenvalue weighted by Crippen LogP contribution is -1.92. The van der Waals surface area contributed by atoms with E-state index in [0.717, 1.165) is 22.6 Å². The van der Waals surface area contributed by atoms with Gasteiger partial charge in [-0.05, 0) is 79.9 Å². The number of rotatable bonds is 7. The molecular formula is C38H30O2. The quantitative estimate of drug-likeness (QED) is 0.209. The Morgan fingerprint density at radius 3 is 0.750 bits per heavy atom. The van der Waals surface area contributed by atoms with Gasteiger partial charge in [0.25, 0.3) is 0 Å². The van der Waals surface area contributed by atoms with E-state index in [1.165, 1.54) is 44.5 Å². The highest BCUT2D eigenvalue weighted by Crippen LogP contribution is 2.43. The van der Waals surface area contributed by atoms with Crippen LogP contribution in [0.5, 0.6) is 11.5 Å². The van der Waals surface area contributed by atoms with Gasteiger partial charge in [-0.1, -0.05) is 121 Å². The molecule has 6 aromatic carbocycles. The normalized spacial score (nSPS) is 10.8. The van der Waals surface area contributed by atoms with Crippen LogP contribution < -0.4 is 9.47 Å². The van der Waals surface area contributed by atoms with Crippen LogP contribution in [0.3, 0.4) is 0 Å². The Bertz CT molecular complexity index is 1620. The van der Waals surface area contributed by atoms with Crippen molar-refractivity contribution in [2.75, 3.05) is 14.2 Å². The smallest absolute Gasteiger partial charge is 0.118 e. The van der Waals surface area contributed by atoms with E-state index in [2.05, 4.69) is 121 Å². The molecule has 0 aromatic heterocycles. The molecule has 0 atom stereocenters. The van der Waals surface area contributed by atoms with Crippen molar-refractivity contribution in [2.45, 2.75) is 0 Å². The monoisotopic (exact) mass is 518 g/mol. The van der Waals surface area contributed by atoms with E-state index in [1.54, 1.807) is 14.2 Å². The van der Waals surface area contributed by atoms with E-state index in [9.17, 15) is 0 Å². The average Bonchev–Trinajstić information content (AvgIpc) is 3.05. The molecule has 6 aromatic rings. The summed E-state index contributed by atoms with van der Waals surface area (Å²) in [7, 11) is 3.40. The Balaban J connectivity index is 1.51. The summed E-state index contributed by atoms with van der Waals surface area (Å²) >= 11 is 0. The molecule has 0 aliphatic heterocycles. The minimum absolute atomic E-state index is 0.853. The Morgan fingerprint density at radius 2 is 0.500 bits per heavy atom. The predicted octanol–water partition coefficient (Wildman–Crippen LogP) is 10.0. The zero-order chi connectivity index (χ0) is 27.3. The zero-order valence-corrected chi connectivity index (χ0v) is 22.7. The first kappa shape index (κ1) is 25.2. The van der Waals surface area contributed by atoms with Crippen molar-refractivity contribution in [1.82, 2.24) is 0 Å². The summed E-state index contributed by atoms with van der Waals surface area (Å²) < 4.78 is 10.8. The third kappa shape index (κ3) is 4.88. The second-order valence-electron chi connectivity index (χ2n) is 9.64. The van der Waals surface area contributed by atoms with Crippen molar-refractivity contribution in [2.24, 2.45) is 0 Å². The first-order chi connectivity index (χ1) is 19.8. The lowest BCUT2D eigenvalue weighted by atomic mass is 9.85. The van der Waals surface area contributed by atoms with Gasteiger partial charge in [0.05, 0.1) is 14.2 Å². The molecule has 0 amide bonds. The van der Waals surface area contributed by atoms with E-state index in [1.807, 2.05) is 24.3 Å². The Labute approximate surface area is 236 Å². The van der Waals surface area contributed by atoms with Crippen molar-refractivity contribution in [3.05, 3.63) is 146 Å². The summed E-state index contributed by atoms with van der Waals surface area (Å²) in [6.07, 6.45) is 0. The van der Waals surface area contributed by atoms with E-state index >= 15 is 0 Å². The summed E-state index contributed by atoms with van der Waals surface area (Å²) in [6.45, 7) is 0. The van der Waals surface area contributed by atoms with Crippen LogP contribution >= 0.6 is 0 Å². The van der Waals surface area contributed by atoms with Crippen molar-refractivity contribution in [1.29, 1.82) is 0 Å². The molecule has 0 aliphatic rings. The fourth-order valence-electron chi connectivity index (χ4n) is 5.39. The van der Waals surface area contributed by atoms with Gasteiger partial charge in [0.1, 0.15) is 11.5 Å². The summed E-state index contributed by atoms with van der Waals surface area (Å²) in [4.78, 5) is 0. The van der Waals surface area contributed by atoms with Crippen LogP contribution in [0.25, 0.3) is 55.6 Å². The second kappa shape index (κ2) is 11.3. The highest BCUT2D eigenvalue weighted by atomic mass is 16.5. The van der Waals surface area contributed by atoms with Gasteiger partial charge < -0.3 is 9.47 Å². The van der Waals surface area contributed by atoms with Crippen LogP contribution in [0, 0.1) is 0 Å². The molecule has 0 fully saturated rings. The van der Waals surface area contributed by atoms with Crippen LogP contribution in [-0.2, 0) is 0 Å². The summed E-state index contributed by atoms with van der Waals surface area (Å²) in [5.74, 6) is 1.71. The molecule has 40 heavy (non-hydrogen) atoms. The van der Waals surface area contributed by atoms with E-state index in [0.29, 0.717) is 0 Å². The minimum Gasteiger partial charge on any atom is -0.497 e. The summed E-state index contributed by atoms with van der Waals surface area (Å²) in [6, 6.07) is 51.2. The van der Waals surface area contributed by atoms with Gasteiger partial charge in [-0.25, -0.2) is 0 Å². The molecule has 0 bridgehead atoms. The predicted molar refractivity (Wildman–Crippen MR) is 167 cm³/mol. The number of ether oxygens (including phenoxy) is 2. The Kier molecular flexibility index (Phi) is 7.15. The standard InChI is InChI=1S/C38H30O2/c1-39-29-23-19-27(20-24-29)31-11-3-5-13-33(31)35-15-7-9-17-37(35)38-18-10-8-16-36(38)34-14-6-4-12-32(34)28-21-25-30(40-2)26-22-28/h3-26H,1-2H3. The second-order valence-corrected chi connectivity index (χ2v) is 9.64. The number of hydrogen-bond donors (Lipinski definition) is 0. The number of methoxy groups -OCH3 is 2. The van der Waals surface area contributed by atoms with Crippen molar-refractivity contribution in [3.8, 4) is 67.1 Å². The highest BCUT2D eigenvalue weighted by molar-refractivity contribution is 5.98. The molecule has 0 radical (unpaired) electrons. The SMILES string of the molecule is COc1ccc(-c2ccccc2-c2ccccc2-c2ccccc2-c2ccccc2-c2ccc(OC)cc2)cc1. The van der Waals surface area contributed by atoms with Crippen molar-refractivity contribution in [3.63, 3.8) is 0 Å². The molecule has 194 valence electrons. The molecule has 0 aliphatic carbocycles. The van der Waals surface area contributed by atoms with E-state index in [-0.39, 0.29) is 0 Å². The lowest BCUT2D eigenvalue weighted by molar-refractivity contribution is 0.415. The van der Waals surface area contributed by atoms with Crippen LogP contribution in [0.4, 0.5) is 0 Å². The van der Waals surface area contributed by atoms with Crippen molar-refractivity contribution >= 4 is 0 Å². The van der Waals surface area contributed by atoms with Gasteiger partial charge in [-0.2, -0.15) is 0 Å². The van der Waals surface area contributed by atoms with Gasteiger partial charge in [0, 0.05) is 0 Å². The van der Waals surface area contributed by atoms with Crippen LogP contribution in [-0.4, -0.2) is 14.2 Å². The maximum Gasteiger partial charge on any atom is 0.118 e. The molecule has 2 heteroatoms. The highest BCUT2D eigenvalue weighted by Gasteiger charge is 2.17. The third-order valence-electron chi connectivity index (χ3n) is 7.38. The molecule has 0 N–H and O–H groups in total. The summed E-state index contributed by atoms with van der Waals surface area (Å²) in [5, 5.41) is 0. The Hall–Kier alpha value is -5.08. The fraction of sp³-hybridized carbons (Fsp3) is 0.0526. The maximum absolute atomic E-state index is 5.40. The van der Waals surface area contributed by atoms with Gasteiger partial charge in [0.15, 0.2) is 0 Å². The molecule has 6 rings (SSSR count). The first-order valence-electron chi connectivity index (χ1n) is 13.4. The van der Waals surface area contributed by atoms with E-state index < -0.39 is 0 Å². The molecule has 0 unspecified atom stereocenters. The lowest BCUT2D eigenvalue weighted by Gasteiger charge is -2.19. The van der Waals surface area contributed by atoms with Crippen LogP contribution in [0.15, 0.2) is 146 Å². The fourth-order valence-corrected chi connectivity index (χ4v) is 5.39. The van der Waals surface area contributed by atoms with Crippen molar-refractivity contribution < 1.29 is 9.47 Å². The first-order valence-corrected chi connectivity index (χ1v) is 13.4. The molecule has 0 spiro atoms. The van der Waals surface area contributed by atoms with Crippen LogP contribution in [0.1, 0.15) is 0 Å². The van der Waals surface area contributed by atoms with Gasteiger partial charge in [-0.3, -0.25) is 0 Å². The zero-order valence-electron chi connectivity index (χ0n) is 22.7. The van der Waals surface area contributed by atoms with Crippen LogP contribution in [0.2, 0.25) is 0 Å². The molecule has 0 saturated carbocycles. The molecular weight excluding hydrogens is 488 g/mol. The maximum atomic E-state index is 5.40. The largest absolute Gasteiger partial charge is 0.497 e.